The van der Waals surface area contributed by atoms with E-state index in [-0.39, 0.29) is 17.6 Å². The van der Waals surface area contributed by atoms with Crippen molar-refractivity contribution >= 4 is 11.6 Å². The first-order valence-electron chi connectivity index (χ1n) is 6.39. The number of nitrogens with one attached hydrogen (secondary N) is 2. The van der Waals surface area contributed by atoms with Crippen molar-refractivity contribution in [3.8, 4) is 5.75 Å². The average molecular weight is 274 g/mol. The minimum Gasteiger partial charge on any atom is -0.477 e. The number of hydrogen-bond donors (Lipinski definition) is 2. The van der Waals surface area contributed by atoms with Gasteiger partial charge in [0.25, 0.3) is 17.6 Å². The lowest BCUT2D eigenvalue weighted by Crippen LogP contribution is -2.25. The van der Waals surface area contributed by atoms with Crippen LogP contribution in [0, 0.1) is 0 Å². The van der Waals surface area contributed by atoms with Gasteiger partial charge < -0.3 is 19.9 Å². The first-order chi connectivity index (χ1) is 9.78. The summed E-state index contributed by atoms with van der Waals surface area (Å²) >= 11 is 0. The standard InChI is InChI=1S/C13H14N4O3/c1-2-14-12(18)11-16-13(20-17-11)10-7-15-8-5-3-4-6-9(8)19-10/h3-6,10,15H,2,7H2,1H3,(H,14,18). The molecule has 1 aliphatic heterocycles. The summed E-state index contributed by atoms with van der Waals surface area (Å²) in [7, 11) is 0. The zero-order valence-electron chi connectivity index (χ0n) is 10.9. The van der Waals surface area contributed by atoms with Crippen LogP contribution in [0.4, 0.5) is 5.69 Å². The van der Waals surface area contributed by atoms with E-state index in [1.807, 2.05) is 31.2 Å². The molecule has 0 aliphatic carbocycles. The lowest BCUT2D eigenvalue weighted by molar-refractivity contribution is 0.0942. The monoisotopic (exact) mass is 274 g/mol. The summed E-state index contributed by atoms with van der Waals surface area (Å²) in [4.78, 5) is 15.7. The lowest BCUT2D eigenvalue weighted by Gasteiger charge is -2.24. The molecule has 0 spiro atoms. The highest BCUT2D eigenvalue weighted by Gasteiger charge is 2.27. The van der Waals surface area contributed by atoms with E-state index in [1.54, 1.807) is 0 Å². The molecule has 1 aromatic carbocycles. The average Bonchev–Trinajstić information content (AvgIpc) is 2.97. The third-order valence-corrected chi connectivity index (χ3v) is 2.89. The van der Waals surface area contributed by atoms with Crippen molar-refractivity contribution in [1.29, 1.82) is 0 Å². The number of fused-ring (bicyclic) bond motifs is 1. The van der Waals surface area contributed by atoms with Crippen LogP contribution < -0.4 is 15.4 Å². The molecule has 0 bridgehead atoms. The van der Waals surface area contributed by atoms with E-state index in [2.05, 4.69) is 20.8 Å². The van der Waals surface area contributed by atoms with Gasteiger partial charge in [0.15, 0.2) is 6.10 Å². The fraction of sp³-hybridized carbons (Fsp3) is 0.308. The molecule has 1 atom stereocenters. The zero-order valence-corrected chi connectivity index (χ0v) is 10.9. The van der Waals surface area contributed by atoms with Crippen molar-refractivity contribution in [2.24, 2.45) is 0 Å². The molecule has 104 valence electrons. The predicted octanol–water partition coefficient (Wildman–Crippen LogP) is 1.36. The van der Waals surface area contributed by atoms with Crippen molar-refractivity contribution in [3.63, 3.8) is 0 Å². The Morgan fingerprint density at radius 3 is 3.20 bits per heavy atom. The SMILES string of the molecule is CCNC(=O)c1noc(C2CNc3ccccc3O2)n1. The molecule has 1 aliphatic rings. The number of hydrogen-bond acceptors (Lipinski definition) is 6. The van der Waals surface area contributed by atoms with Gasteiger partial charge >= 0.3 is 0 Å². The van der Waals surface area contributed by atoms with E-state index in [0.29, 0.717) is 13.1 Å². The highest BCUT2D eigenvalue weighted by Crippen LogP contribution is 2.33. The Kier molecular flexibility index (Phi) is 3.24. The summed E-state index contributed by atoms with van der Waals surface area (Å²) in [5.74, 6) is 0.672. The number of aromatic nitrogens is 2. The van der Waals surface area contributed by atoms with Crippen molar-refractivity contribution in [2.45, 2.75) is 13.0 Å². The van der Waals surface area contributed by atoms with E-state index < -0.39 is 6.10 Å². The largest absolute Gasteiger partial charge is 0.477 e. The number of amides is 1. The van der Waals surface area contributed by atoms with E-state index >= 15 is 0 Å². The van der Waals surface area contributed by atoms with Gasteiger partial charge in [-0.2, -0.15) is 4.98 Å². The van der Waals surface area contributed by atoms with E-state index in [9.17, 15) is 4.79 Å². The maximum absolute atomic E-state index is 11.6. The van der Waals surface area contributed by atoms with Crippen LogP contribution in [-0.2, 0) is 0 Å². The Balaban J connectivity index is 1.77. The second-order valence-electron chi connectivity index (χ2n) is 4.30. The third-order valence-electron chi connectivity index (χ3n) is 2.89. The molecular formula is C13H14N4O3. The van der Waals surface area contributed by atoms with Crippen molar-refractivity contribution in [1.82, 2.24) is 15.5 Å². The topological polar surface area (TPSA) is 89.3 Å². The predicted molar refractivity (Wildman–Crippen MR) is 70.6 cm³/mol. The number of anilines is 1. The van der Waals surface area contributed by atoms with Crippen LogP contribution in [-0.4, -0.2) is 29.1 Å². The number of carbonyl (C=O) groups excluding carboxylic acids is 1. The lowest BCUT2D eigenvalue weighted by atomic mass is 10.2. The van der Waals surface area contributed by atoms with Crippen LogP contribution in [0.1, 0.15) is 29.5 Å². The summed E-state index contributed by atoms with van der Waals surface area (Å²) in [5.41, 5.74) is 0.923. The Bertz CT molecular complexity index is 626. The van der Waals surface area contributed by atoms with E-state index in [1.165, 1.54) is 0 Å². The molecule has 1 amide bonds. The Hall–Kier alpha value is -2.57. The number of benzene rings is 1. The molecule has 7 nitrogen and oxygen atoms in total. The third kappa shape index (κ3) is 2.29. The fourth-order valence-corrected chi connectivity index (χ4v) is 1.95. The summed E-state index contributed by atoms with van der Waals surface area (Å²) in [6.07, 6.45) is -0.402. The maximum Gasteiger partial charge on any atom is 0.292 e. The van der Waals surface area contributed by atoms with Crippen LogP contribution in [0.15, 0.2) is 28.8 Å². The first-order valence-corrected chi connectivity index (χ1v) is 6.39. The molecule has 2 heterocycles. The molecule has 3 rings (SSSR count). The molecule has 20 heavy (non-hydrogen) atoms. The maximum atomic E-state index is 11.6. The molecule has 0 saturated carbocycles. The molecule has 0 radical (unpaired) electrons. The second kappa shape index (κ2) is 5.20. The quantitative estimate of drug-likeness (QED) is 0.878. The van der Waals surface area contributed by atoms with Crippen molar-refractivity contribution in [2.75, 3.05) is 18.4 Å². The minimum absolute atomic E-state index is 0.0179. The van der Waals surface area contributed by atoms with Crippen LogP contribution >= 0.6 is 0 Å². The summed E-state index contributed by atoms with van der Waals surface area (Å²) in [6, 6.07) is 7.60. The summed E-state index contributed by atoms with van der Waals surface area (Å²) in [6.45, 7) is 2.84. The van der Waals surface area contributed by atoms with Gasteiger partial charge in [0, 0.05) is 6.54 Å². The molecule has 7 heteroatoms. The van der Waals surface area contributed by atoms with E-state index in [0.717, 1.165) is 11.4 Å². The molecular weight excluding hydrogens is 260 g/mol. The number of carbonyl (C=O) groups is 1. The minimum atomic E-state index is -0.402. The van der Waals surface area contributed by atoms with Crippen molar-refractivity contribution < 1.29 is 14.1 Å². The highest BCUT2D eigenvalue weighted by atomic mass is 16.5. The van der Waals surface area contributed by atoms with Crippen LogP contribution in [0.3, 0.4) is 0 Å². The zero-order chi connectivity index (χ0) is 13.9. The Morgan fingerprint density at radius 1 is 1.50 bits per heavy atom. The normalized spacial score (nSPS) is 16.8. The van der Waals surface area contributed by atoms with Gasteiger partial charge in [-0.15, -0.1) is 0 Å². The van der Waals surface area contributed by atoms with Crippen LogP contribution in [0.25, 0.3) is 0 Å². The van der Waals surface area contributed by atoms with Gasteiger partial charge in [0.2, 0.25) is 0 Å². The second-order valence-corrected chi connectivity index (χ2v) is 4.30. The molecule has 0 saturated heterocycles. The van der Waals surface area contributed by atoms with Gasteiger partial charge in [-0.3, -0.25) is 4.79 Å². The summed E-state index contributed by atoms with van der Waals surface area (Å²) < 4.78 is 10.9. The number of para-hydroxylation sites is 2. The molecule has 0 fully saturated rings. The number of nitrogens with zero attached hydrogens (tertiary/aromatic N) is 2. The Morgan fingerprint density at radius 2 is 2.35 bits per heavy atom. The van der Waals surface area contributed by atoms with Gasteiger partial charge in [-0.25, -0.2) is 0 Å². The molecule has 2 N–H and O–H groups in total. The van der Waals surface area contributed by atoms with Gasteiger partial charge in [-0.05, 0) is 19.1 Å². The fourth-order valence-electron chi connectivity index (χ4n) is 1.95. The smallest absolute Gasteiger partial charge is 0.292 e. The van der Waals surface area contributed by atoms with Gasteiger partial charge in [-0.1, -0.05) is 17.3 Å². The van der Waals surface area contributed by atoms with Gasteiger partial charge in [0.05, 0.1) is 12.2 Å². The van der Waals surface area contributed by atoms with E-state index in [4.69, 9.17) is 9.26 Å². The summed E-state index contributed by atoms with van der Waals surface area (Å²) in [5, 5.41) is 9.49. The number of rotatable bonds is 3. The first kappa shape index (κ1) is 12.5. The molecule has 1 aromatic heterocycles. The highest BCUT2D eigenvalue weighted by molar-refractivity contribution is 5.90. The molecule has 2 aromatic rings. The van der Waals surface area contributed by atoms with Crippen molar-refractivity contribution in [3.05, 3.63) is 36.0 Å². The van der Waals surface area contributed by atoms with Crippen LogP contribution in [0.2, 0.25) is 0 Å². The van der Waals surface area contributed by atoms with Crippen LogP contribution in [0.5, 0.6) is 5.75 Å². The number of ether oxygens (including phenoxy) is 1. The molecule has 1 unspecified atom stereocenters. The Labute approximate surface area is 115 Å². The van der Waals surface area contributed by atoms with Gasteiger partial charge in [0.1, 0.15) is 5.75 Å².